The molecule has 74 valence electrons. The van der Waals surface area contributed by atoms with Crippen molar-refractivity contribution in [1.29, 1.82) is 0 Å². The second-order valence-electron chi connectivity index (χ2n) is 3.63. The molecule has 2 saturated heterocycles. The van der Waals surface area contributed by atoms with Gasteiger partial charge in [-0.05, 0) is 25.1 Å². The summed E-state index contributed by atoms with van der Waals surface area (Å²) in [7, 11) is 0. The molecule has 3 nitrogen and oxygen atoms in total. The Bertz CT molecular complexity index is 192. The molecule has 1 unspecified atom stereocenters. The summed E-state index contributed by atoms with van der Waals surface area (Å²) in [5.41, 5.74) is 0. The highest BCUT2D eigenvalue weighted by Gasteiger charge is 2.27. The topological polar surface area (TPSA) is 32.3 Å². The van der Waals surface area contributed by atoms with Gasteiger partial charge in [-0.15, -0.1) is 0 Å². The Kier molecular flexibility index (Phi) is 3.11. The van der Waals surface area contributed by atoms with Crippen LogP contribution in [0.25, 0.3) is 0 Å². The zero-order valence-corrected chi connectivity index (χ0v) is 8.61. The van der Waals surface area contributed by atoms with Crippen LogP contribution in [0.5, 0.6) is 0 Å². The summed E-state index contributed by atoms with van der Waals surface area (Å²) in [5, 5.41) is 3.15. The van der Waals surface area contributed by atoms with E-state index < -0.39 is 0 Å². The van der Waals surface area contributed by atoms with Crippen LogP contribution in [0.2, 0.25) is 0 Å². The fourth-order valence-electron chi connectivity index (χ4n) is 1.95. The number of nitrogens with one attached hydrogen (secondary N) is 1. The smallest absolute Gasteiger partial charge is 0.236 e. The average Bonchev–Trinajstić information content (AvgIpc) is 2.56. The third kappa shape index (κ3) is 2.17. The molecule has 0 bridgehead atoms. The van der Waals surface area contributed by atoms with Gasteiger partial charge in [0.25, 0.3) is 0 Å². The third-order valence-electron chi connectivity index (χ3n) is 2.70. The van der Waals surface area contributed by atoms with Crippen molar-refractivity contribution in [2.75, 3.05) is 31.1 Å². The molecular weight excluding hydrogens is 184 g/mol. The molecule has 0 aromatic heterocycles. The third-order valence-corrected chi connectivity index (χ3v) is 3.84. The molecule has 1 N–H and O–H groups in total. The molecule has 4 heteroatoms. The van der Waals surface area contributed by atoms with E-state index in [4.69, 9.17) is 0 Å². The molecule has 2 heterocycles. The number of carbonyl (C=O) groups is 1. The normalized spacial score (nSPS) is 30.6. The van der Waals surface area contributed by atoms with E-state index in [0.29, 0.717) is 18.5 Å². The Morgan fingerprint density at radius 1 is 1.54 bits per heavy atom. The van der Waals surface area contributed by atoms with Gasteiger partial charge in [0.1, 0.15) is 0 Å². The summed E-state index contributed by atoms with van der Waals surface area (Å²) in [6.07, 6.45) is 2.29. The summed E-state index contributed by atoms with van der Waals surface area (Å²) < 4.78 is 0. The van der Waals surface area contributed by atoms with E-state index in [1.807, 2.05) is 11.8 Å². The fraction of sp³-hybridized carbons (Fsp3) is 0.889. The van der Waals surface area contributed by atoms with Crippen LogP contribution >= 0.6 is 11.8 Å². The van der Waals surface area contributed by atoms with Crippen LogP contribution in [0, 0.1) is 0 Å². The predicted octanol–water partition coefficient (Wildman–Crippen LogP) is 0.314. The lowest BCUT2D eigenvalue weighted by molar-refractivity contribution is -0.131. The maximum Gasteiger partial charge on any atom is 0.236 e. The molecule has 2 rings (SSSR count). The van der Waals surface area contributed by atoms with Gasteiger partial charge in [-0.1, -0.05) is 0 Å². The Hall–Kier alpha value is -0.220. The molecule has 0 radical (unpaired) electrons. The van der Waals surface area contributed by atoms with Gasteiger partial charge in [-0.25, -0.2) is 0 Å². The van der Waals surface area contributed by atoms with Crippen LogP contribution in [-0.4, -0.2) is 48.0 Å². The van der Waals surface area contributed by atoms with Gasteiger partial charge in [-0.2, -0.15) is 11.8 Å². The standard InChI is InChI=1S/C9H16N2OS/c12-9-6-10-3-1-4-11(9)8-2-5-13-7-8/h8,10H,1-7H2. The first-order valence-electron chi connectivity index (χ1n) is 4.96. The second-order valence-corrected chi connectivity index (χ2v) is 4.78. The molecule has 0 spiro atoms. The summed E-state index contributed by atoms with van der Waals surface area (Å²) in [5.74, 6) is 2.66. The number of hydrogen-bond donors (Lipinski definition) is 1. The van der Waals surface area contributed by atoms with Crippen molar-refractivity contribution in [3.8, 4) is 0 Å². The van der Waals surface area contributed by atoms with E-state index in [2.05, 4.69) is 10.2 Å². The lowest BCUT2D eigenvalue weighted by Gasteiger charge is -2.26. The van der Waals surface area contributed by atoms with Crippen molar-refractivity contribution in [3.05, 3.63) is 0 Å². The average molecular weight is 200 g/mol. The first-order chi connectivity index (χ1) is 6.38. The fourth-order valence-corrected chi connectivity index (χ4v) is 3.17. The minimum absolute atomic E-state index is 0.296. The van der Waals surface area contributed by atoms with E-state index in [0.717, 1.165) is 25.3 Å². The van der Waals surface area contributed by atoms with E-state index in [1.165, 1.54) is 12.2 Å². The molecule has 2 fully saturated rings. The minimum Gasteiger partial charge on any atom is -0.338 e. The van der Waals surface area contributed by atoms with Gasteiger partial charge in [0.15, 0.2) is 0 Å². The Morgan fingerprint density at radius 2 is 2.46 bits per heavy atom. The van der Waals surface area contributed by atoms with Crippen molar-refractivity contribution in [1.82, 2.24) is 10.2 Å². The zero-order chi connectivity index (χ0) is 9.10. The van der Waals surface area contributed by atoms with Crippen LogP contribution in [-0.2, 0) is 4.79 Å². The number of amides is 1. The molecule has 0 aromatic carbocycles. The maximum atomic E-state index is 11.7. The molecule has 1 amide bonds. The Balaban J connectivity index is 1.97. The number of carbonyl (C=O) groups excluding carboxylic acids is 1. The van der Waals surface area contributed by atoms with Gasteiger partial charge in [0, 0.05) is 18.3 Å². The summed E-state index contributed by atoms with van der Waals surface area (Å²) in [6, 6.07) is 0.525. The number of rotatable bonds is 1. The van der Waals surface area contributed by atoms with E-state index in [1.54, 1.807) is 0 Å². The Labute approximate surface area is 83.2 Å². The van der Waals surface area contributed by atoms with Gasteiger partial charge in [0.05, 0.1) is 6.54 Å². The van der Waals surface area contributed by atoms with Crippen molar-refractivity contribution in [3.63, 3.8) is 0 Å². The largest absolute Gasteiger partial charge is 0.338 e. The maximum absolute atomic E-state index is 11.7. The van der Waals surface area contributed by atoms with Crippen molar-refractivity contribution in [2.45, 2.75) is 18.9 Å². The van der Waals surface area contributed by atoms with Crippen molar-refractivity contribution >= 4 is 17.7 Å². The number of hydrogen-bond acceptors (Lipinski definition) is 3. The van der Waals surface area contributed by atoms with Gasteiger partial charge < -0.3 is 10.2 Å². The summed E-state index contributed by atoms with van der Waals surface area (Å²) >= 11 is 1.97. The van der Waals surface area contributed by atoms with E-state index in [9.17, 15) is 4.79 Å². The lowest BCUT2D eigenvalue weighted by atomic mass is 10.2. The SMILES string of the molecule is O=C1CNCCCN1C1CCSC1. The van der Waals surface area contributed by atoms with Crippen molar-refractivity contribution < 1.29 is 4.79 Å². The molecular formula is C9H16N2OS. The van der Waals surface area contributed by atoms with Crippen LogP contribution in [0.4, 0.5) is 0 Å². The van der Waals surface area contributed by atoms with Crippen LogP contribution in [0.1, 0.15) is 12.8 Å². The highest BCUT2D eigenvalue weighted by atomic mass is 32.2. The minimum atomic E-state index is 0.296. The second kappa shape index (κ2) is 4.33. The Morgan fingerprint density at radius 3 is 3.23 bits per heavy atom. The number of thioether (sulfide) groups is 1. The molecule has 2 aliphatic heterocycles. The first-order valence-corrected chi connectivity index (χ1v) is 6.11. The molecule has 13 heavy (non-hydrogen) atoms. The van der Waals surface area contributed by atoms with Gasteiger partial charge in [0.2, 0.25) is 5.91 Å². The highest BCUT2D eigenvalue weighted by molar-refractivity contribution is 7.99. The van der Waals surface area contributed by atoms with Crippen LogP contribution in [0.3, 0.4) is 0 Å². The van der Waals surface area contributed by atoms with Gasteiger partial charge in [-0.3, -0.25) is 4.79 Å². The zero-order valence-electron chi connectivity index (χ0n) is 7.79. The van der Waals surface area contributed by atoms with Crippen molar-refractivity contribution in [2.24, 2.45) is 0 Å². The first kappa shape index (κ1) is 9.34. The molecule has 2 aliphatic rings. The molecule has 0 aromatic rings. The summed E-state index contributed by atoms with van der Waals surface area (Å²) in [4.78, 5) is 13.7. The predicted molar refractivity (Wildman–Crippen MR) is 54.9 cm³/mol. The van der Waals surface area contributed by atoms with Crippen LogP contribution in [0.15, 0.2) is 0 Å². The summed E-state index contributed by atoms with van der Waals surface area (Å²) in [6.45, 7) is 2.49. The quantitative estimate of drug-likeness (QED) is 0.661. The van der Waals surface area contributed by atoms with E-state index in [-0.39, 0.29) is 0 Å². The van der Waals surface area contributed by atoms with Crippen LogP contribution < -0.4 is 5.32 Å². The van der Waals surface area contributed by atoms with Gasteiger partial charge >= 0.3 is 0 Å². The number of nitrogens with zero attached hydrogens (tertiary/aromatic N) is 1. The molecule has 0 aliphatic carbocycles. The van der Waals surface area contributed by atoms with E-state index >= 15 is 0 Å². The lowest BCUT2D eigenvalue weighted by Crippen LogP contribution is -2.42. The highest BCUT2D eigenvalue weighted by Crippen LogP contribution is 2.22. The molecule has 1 atom stereocenters. The molecule has 0 saturated carbocycles. The monoisotopic (exact) mass is 200 g/mol.